The van der Waals surface area contributed by atoms with E-state index in [2.05, 4.69) is 27.3 Å². The SMILES string of the molecule is OCCCN1C(=S)N[C@@H](c2ccccn2)[C@H]1c1ccc(Sc2ccccc2)o1. The van der Waals surface area contributed by atoms with Crippen LogP contribution in [0.3, 0.4) is 0 Å². The van der Waals surface area contributed by atoms with Crippen LogP contribution in [0.4, 0.5) is 0 Å². The lowest BCUT2D eigenvalue weighted by Gasteiger charge is -2.25. The molecule has 5 nitrogen and oxygen atoms in total. The zero-order valence-corrected chi connectivity index (χ0v) is 16.8. The maximum atomic E-state index is 9.29. The molecule has 4 rings (SSSR count). The molecule has 1 aliphatic rings. The zero-order valence-electron chi connectivity index (χ0n) is 15.2. The Morgan fingerprint density at radius 2 is 1.93 bits per heavy atom. The topological polar surface area (TPSA) is 61.5 Å². The van der Waals surface area contributed by atoms with Crippen molar-refractivity contribution in [3.05, 3.63) is 78.3 Å². The van der Waals surface area contributed by atoms with Gasteiger partial charge in [0.25, 0.3) is 0 Å². The molecule has 3 aromatic rings. The van der Waals surface area contributed by atoms with E-state index in [1.165, 1.54) is 0 Å². The number of aliphatic hydroxyl groups excluding tert-OH is 1. The van der Waals surface area contributed by atoms with Crippen LogP contribution in [0.2, 0.25) is 0 Å². The second-order valence-corrected chi connectivity index (χ2v) is 7.93. The van der Waals surface area contributed by atoms with Gasteiger partial charge in [-0.2, -0.15) is 0 Å². The number of aromatic nitrogens is 1. The van der Waals surface area contributed by atoms with Gasteiger partial charge < -0.3 is 19.7 Å². The molecule has 0 radical (unpaired) electrons. The molecule has 2 atom stereocenters. The highest BCUT2D eigenvalue weighted by Crippen LogP contribution is 2.41. The number of pyridine rings is 1. The smallest absolute Gasteiger partial charge is 0.170 e. The van der Waals surface area contributed by atoms with E-state index in [9.17, 15) is 5.11 Å². The van der Waals surface area contributed by atoms with Gasteiger partial charge in [0, 0.05) is 24.2 Å². The van der Waals surface area contributed by atoms with E-state index < -0.39 is 0 Å². The summed E-state index contributed by atoms with van der Waals surface area (Å²) in [5.41, 5.74) is 0.912. The van der Waals surface area contributed by atoms with Gasteiger partial charge in [-0.15, -0.1) is 0 Å². The van der Waals surface area contributed by atoms with E-state index in [1.54, 1.807) is 18.0 Å². The fraction of sp³-hybridized carbons (Fsp3) is 0.238. The van der Waals surface area contributed by atoms with Crippen LogP contribution < -0.4 is 5.32 Å². The minimum absolute atomic E-state index is 0.104. The molecule has 28 heavy (non-hydrogen) atoms. The van der Waals surface area contributed by atoms with Crippen LogP contribution >= 0.6 is 24.0 Å². The van der Waals surface area contributed by atoms with E-state index in [-0.39, 0.29) is 18.7 Å². The number of benzene rings is 1. The van der Waals surface area contributed by atoms with E-state index >= 15 is 0 Å². The summed E-state index contributed by atoms with van der Waals surface area (Å²) in [7, 11) is 0. The molecule has 144 valence electrons. The number of rotatable bonds is 7. The van der Waals surface area contributed by atoms with Gasteiger partial charge in [-0.1, -0.05) is 36.0 Å². The molecule has 2 N–H and O–H groups in total. The third kappa shape index (κ3) is 4.06. The lowest BCUT2D eigenvalue weighted by molar-refractivity contribution is 0.226. The summed E-state index contributed by atoms with van der Waals surface area (Å²) in [5, 5.41) is 14.2. The van der Waals surface area contributed by atoms with Crippen molar-refractivity contribution < 1.29 is 9.52 Å². The number of furan rings is 1. The summed E-state index contributed by atoms with van der Waals surface area (Å²) >= 11 is 7.17. The predicted molar refractivity (Wildman–Crippen MR) is 113 cm³/mol. The largest absolute Gasteiger partial charge is 0.452 e. The standard InChI is InChI=1S/C21H21N3O2S2/c25-14-6-13-24-20(19(23-21(24)27)16-9-4-5-12-22-16)17-10-11-18(26-17)28-15-7-2-1-3-8-15/h1-5,7-12,19-20,25H,6,13-14H2,(H,23,27)/t19-,20+/m0/s1. The van der Waals surface area contributed by atoms with Gasteiger partial charge in [-0.3, -0.25) is 4.98 Å². The Kier molecular flexibility index (Phi) is 5.95. The van der Waals surface area contributed by atoms with E-state index in [0.29, 0.717) is 18.1 Å². The molecule has 2 aromatic heterocycles. The fourth-order valence-electron chi connectivity index (χ4n) is 3.35. The van der Waals surface area contributed by atoms with Gasteiger partial charge in [0.1, 0.15) is 11.8 Å². The maximum Gasteiger partial charge on any atom is 0.170 e. The summed E-state index contributed by atoms with van der Waals surface area (Å²) in [6.45, 7) is 0.769. The van der Waals surface area contributed by atoms with Crippen LogP contribution in [0, 0.1) is 0 Å². The van der Waals surface area contributed by atoms with Crippen molar-refractivity contribution in [1.29, 1.82) is 0 Å². The molecule has 0 aliphatic carbocycles. The minimum Gasteiger partial charge on any atom is -0.452 e. The summed E-state index contributed by atoms with van der Waals surface area (Å²) in [4.78, 5) is 7.73. The Morgan fingerprint density at radius 1 is 1.11 bits per heavy atom. The maximum absolute atomic E-state index is 9.29. The number of thiocarbonyl (C=S) groups is 1. The van der Waals surface area contributed by atoms with Gasteiger partial charge in [0.05, 0.1) is 11.7 Å². The average Bonchev–Trinajstić information content (AvgIpc) is 3.31. The van der Waals surface area contributed by atoms with Crippen molar-refractivity contribution in [2.45, 2.75) is 28.5 Å². The fourth-order valence-corrected chi connectivity index (χ4v) is 4.48. The van der Waals surface area contributed by atoms with Crippen molar-refractivity contribution in [2.24, 2.45) is 0 Å². The summed E-state index contributed by atoms with van der Waals surface area (Å²) in [6.07, 6.45) is 2.42. The first-order chi connectivity index (χ1) is 13.8. The van der Waals surface area contributed by atoms with Gasteiger partial charge in [-0.05, 0) is 55.0 Å². The van der Waals surface area contributed by atoms with Crippen molar-refractivity contribution in [2.75, 3.05) is 13.2 Å². The first-order valence-corrected chi connectivity index (χ1v) is 10.4. The number of aliphatic hydroxyl groups is 1. The van der Waals surface area contributed by atoms with Crippen LogP contribution in [0.15, 0.2) is 81.3 Å². The first-order valence-electron chi connectivity index (χ1n) is 9.18. The van der Waals surface area contributed by atoms with E-state index in [4.69, 9.17) is 16.6 Å². The molecule has 0 unspecified atom stereocenters. The number of nitrogens with one attached hydrogen (secondary N) is 1. The van der Waals surface area contributed by atoms with Gasteiger partial charge in [0.15, 0.2) is 10.2 Å². The Bertz CT molecular complexity index is 918. The molecule has 1 fully saturated rings. The number of hydrogen-bond acceptors (Lipinski definition) is 5. The van der Waals surface area contributed by atoms with Crippen LogP contribution in [-0.4, -0.2) is 33.3 Å². The van der Waals surface area contributed by atoms with Crippen molar-refractivity contribution in [1.82, 2.24) is 15.2 Å². The third-order valence-corrected chi connectivity index (χ3v) is 5.89. The second-order valence-electron chi connectivity index (χ2n) is 6.47. The van der Waals surface area contributed by atoms with Gasteiger partial charge in [0.2, 0.25) is 0 Å². The monoisotopic (exact) mass is 411 g/mol. The Labute approximate surface area is 173 Å². The average molecular weight is 412 g/mol. The summed E-state index contributed by atoms with van der Waals surface area (Å²) in [6, 6.07) is 19.8. The van der Waals surface area contributed by atoms with Crippen LogP contribution in [0.1, 0.15) is 30.0 Å². The lowest BCUT2D eigenvalue weighted by Crippen LogP contribution is -2.30. The van der Waals surface area contributed by atoms with Crippen molar-refractivity contribution in [3.8, 4) is 0 Å². The first kappa shape index (κ1) is 19.0. The summed E-state index contributed by atoms with van der Waals surface area (Å²) in [5.74, 6) is 0.833. The normalized spacial score (nSPS) is 19.0. The predicted octanol–water partition coefficient (Wildman–Crippen LogP) is 4.18. The molecular weight excluding hydrogens is 390 g/mol. The van der Waals surface area contributed by atoms with Gasteiger partial charge in [-0.25, -0.2) is 0 Å². The van der Waals surface area contributed by atoms with Crippen LogP contribution in [0.25, 0.3) is 0 Å². The molecule has 3 heterocycles. The quantitative estimate of drug-likeness (QED) is 0.566. The molecule has 0 spiro atoms. The van der Waals surface area contributed by atoms with Crippen molar-refractivity contribution in [3.63, 3.8) is 0 Å². The van der Waals surface area contributed by atoms with Gasteiger partial charge >= 0.3 is 0 Å². The molecule has 1 aromatic carbocycles. The lowest BCUT2D eigenvalue weighted by atomic mass is 10.0. The summed E-state index contributed by atoms with van der Waals surface area (Å²) < 4.78 is 6.21. The molecule has 0 bridgehead atoms. The molecule has 1 aliphatic heterocycles. The van der Waals surface area contributed by atoms with E-state index in [1.807, 2.05) is 48.5 Å². The number of nitrogens with zero attached hydrogens (tertiary/aromatic N) is 2. The van der Waals surface area contributed by atoms with Crippen molar-refractivity contribution >= 4 is 29.1 Å². The Morgan fingerprint density at radius 3 is 2.68 bits per heavy atom. The zero-order chi connectivity index (χ0) is 19.3. The molecule has 1 saturated heterocycles. The highest BCUT2D eigenvalue weighted by Gasteiger charge is 2.41. The van der Waals surface area contributed by atoms with Crippen LogP contribution in [0.5, 0.6) is 0 Å². The van der Waals surface area contributed by atoms with E-state index in [0.717, 1.165) is 21.4 Å². The minimum atomic E-state index is -0.112. The highest BCUT2D eigenvalue weighted by molar-refractivity contribution is 7.99. The molecular formula is C21H21N3O2S2. The van der Waals surface area contributed by atoms with Crippen LogP contribution in [-0.2, 0) is 0 Å². The third-order valence-electron chi connectivity index (χ3n) is 4.61. The second kappa shape index (κ2) is 8.77. The molecule has 7 heteroatoms. The molecule has 0 saturated carbocycles. The highest BCUT2D eigenvalue weighted by atomic mass is 32.2. The Hall–Kier alpha value is -2.35. The molecule has 0 amide bonds. The number of hydrogen-bond donors (Lipinski definition) is 2. The Balaban J connectivity index is 1.63.